The van der Waals surface area contributed by atoms with Crippen molar-refractivity contribution in [1.82, 2.24) is 29.7 Å². The molecule has 2 aromatic heterocycles. The second-order valence-corrected chi connectivity index (χ2v) is 7.03. The number of hydrogen-bond acceptors (Lipinski definition) is 5. The summed E-state index contributed by atoms with van der Waals surface area (Å²) in [6, 6.07) is 0.176. The molecule has 0 saturated carbocycles. The second kappa shape index (κ2) is 6.95. The number of aromatic nitrogens is 5. The Kier molecular flexibility index (Phi) is 4.89. The Hall–Kier alpha value is -2.22. The van der Waals surface area contributed by atoms with Crippen LogP contribution in [0.2, 0.25) is 0 Å². The van der Waals surface area contributed by atoms with Gasteiger partial charge < -0.3 is 10.0 Å². The SMILES string of the molecule is CCCn1cc(C(=O)N2CCC[C@](O)(c3cn(C(C)C)nn3)C2)cn1. The summed E-state index contributed by atoms with van der Waals surface area (Å²) < 4.78 is 3.50. The molecule has 0 aliphatic carbocycles. The minimum Gasteiger partial charge on any atom is -0.382 e. The van der Waals surface area contributed by atoms with Crippen molar-refractivity contribution >= 4 is 5.91 Å². The lowest BCUT2D eigenvalue weighted by Gasteiger charge is -2.37. The molecule has 1 atom stereocenters. The average molecular weight is 346 g/mol. The molecule has 2 aromatic rings. The highest BCUT2D eigenvalue weighted by atomic mass is 16.3. The summed E-state index contributed by atoms with van der Waals surface area (Å²) >= 11 is 0. The Morgan fingerprint density at radius 1 is 1.40 bits per heavy atom. The minimum atomic E-state index is -1.15. The lowest BCUT2D eigenvalue weighted by Crippen LogP contribution is -2.48. The first-order chi connectivity index (χ1) is 11.9. The molecule has 8 heteroatoms. The highest BCUT2D eigenvalue weighted by Gasteiger charge is 2.39. The molecular formula is C17H26N6O2. The summed E-state index contributed by atoms with van der Waals surface area (Å²) in [6.45, 7) is 7.72. The van der Waals surface area contributed by atoms with Gasteiger partial charge in [-0.05, 0) is 33.1 Å². The summed E-state index contributed by atoms with van der Waals surface area (Å²) in [6.07, 6.45) is 7.40. The van der Waals surface area contributed by atoms with Gasteiger partial charge in [0.25, 0.3) is 5.91 Å². The molecule has 0 spiro atoms. The number of likely N-dealkylation sites (tertiary alicyclic amines) is 1. The van der Waals surface area contributed by atoms with Crippen LogP contribution in [0.3, 0.4) is 0 Å². The summed E-state index contributed by atoms with van der Waals surface area (Å²) in [5, 5.41) is 23.5. The molecule has 1 aliphatic heterocycles. The van der Waals surface area contributed by atoms with Crippen LogP contribution in [0.4, 0.5) is 0 Å². The summed E-state index contributed by atoms with van der Waals surface area (Å²) in [5.41, 5.74) is -0.0654. The molecule has 8 nitrogen and oxygen atoms in total. The number of nitrogens with zero attached hydrogens (tertiary/aromatic N) is 6. The highest BCUT2D eigenvalue weighted by Crippen LogP contribution is 2.31. The van der Waals surface area contributed by atoms with Gasteiger partial charge in [0.1, 0.15) is 11.3 Å². The van der Waals surface area contributed by atoms with Crippen molar-refractivity contribution < 1.29 is 9.90 Å². The molecule has 1 aliphatic rings. The van der Waals surface area contributed by atoms with Crippen LogP contribution in [0, 0.1) is 0 Å². The predicted molar refractivity (Wildman–Crippen MR) is 92.0 cm³/mol. The molecule has 0 bridgehead atoms. The largest absolute Gasteiger partial charge is 0.382 e. The Balaban J connectivity index is 1.75. The van der Waals surface area contributed by atoms with E-state index in [4.69, 9.17) is 0 Å². The third kappa shape index (κ3) is 3.58. The highest BCUT2D eigenvalue weighted by molar-refractivity contribution is 5.93. The Morgan fingerprint density at radius 3 is 2.88 bits per heavy atom. The Labute approximate surface area is 147 Å². The minimum absolute atomic E-state index is 0.100. The summed E-state index contributed by atoms with van der Waals surface area (Å²) in [5.74, 6) is -0.100. The van der Waals surface area contributed by atoms with Crippen molar-refractivity contribution in [3.8, 4) is 0 Å². The van der Waals surface area contributed by atoms with Gasteiger partial charge in [-0.3, -0.25) is 9.48 Å². The van der Waals surface area contributed by atoms with Crippen molar-refractivity contribution in [3.05, 3.63) is 29.8 Å². The van der Waals surface area contributed by atoms with Gasteiger partial charge >= 0.3 is 0 Å². The fourth-order valence-electron chi connectivity index (χ4n) is 3.17. The van der Waals surface area contributed by atoms with Crippen LogP contribution in [0.25, 0.3) is 0 Å². The van der Waals surface area contributed by atoms with Gasteiger partial charge in [0.05, 0.1) is 24.5 Å². The van der Waals surface area contributed by atoms with Gasteiger partial charge in [0.2, 0.25) is 0 Å². The molecular weight excluding hydrogens is 320 g/mol. The number of carbonyl (C=O) groups excluding carboxylic acids is 1. The first kappa shape index (κ1) is 17.6. The number of β-amino-alcohol motifs (C(OH)–C–C–N with tert-alkyl or cyclic N) is 1. The number of carbonyl (C=O) groups is 1. The quantitative estimate of drug-likeness (QED) is 0.888. The van der Waals surface area contributed by atoms with Gasteiger partial charge in [-0.15, -0.1) is 5.10 Å². The maximum absolute atomic E-state index is 12.8. The predicted octanol–water partition coefficient (Wildman–Crippen LogP) is 1.59. The fourth-order valence-corrected chi connectivity index (χ4v) is 3.17. The van der Waals surface area contributed by atoms with Crippen LogP contribution in [0.1, 0.15) is 62.1 Å². The lowest BCUT2D eigenvalue weighted by atomic mass is 9.89. The molecule has 0 radical (unpaired) electrons. The van der Waals surface area contributed by atoms with Crippen molar-refractivity contribution in [3.63, 3.8) is 0 Å². The Morgan fingerprint density at radius 2 is 2.20 bits per heavy atom. The molecule has 0 unspecified atom stereocenters. The molecule has 25 heavy (non-hydrogen) atoms. The maximum Gasteiger partial charge on any atom is 0.257 e. The number of aliphatic hydroxyl groups is 1. The molecule has 1 fully saturated rings. The molecule has 136 valence electrons. The van der Waals surface area contributed by atoms with E-state index >= 15 is 0 Å². The zero-order valence-corrected chi connectivity index (χ0v) is 15.1. The zero-order chi connectivity index (χ0) is 18.0. The van der Waals surface area contributed by atoms with Crippen LogP contribution < -0.4 is 0 Å². The van der Waals surface area contributed by atoms with Gasteiger partial charge in [0, 0.05) is 25.3 Å². The van der Waals surface area contributed by atoms with E-state index in [0.717, 1.165) is 19.4 Å². The Bertz CT molecular complexity index is 737. The smallest absolute Gasteiger partial charge is 0.257 e. The molecule has 1 saturated heterocycles. The van der Waals surface area contributed by atoms with Gasteiger partial charge in [-0.25, -0.2) is 4.68 Å². The molecule has 3 heterocycles. The van der Waals surface area contributed by atoms with E-state index in [-0.39, 0.29) is 18.5 Å². The summed E-state index contributed by atoms with van der Waals surface area (Å²) in [7, 11) is 0. The van der Waals surface area contributed by atoms with Crippen molar-refractivity contribution in [1.29, 1.82) is 0 Å². The molecule has 1 N–H and O–H groups in total. The van der Waals surface area contributed by atoms with Crippen molar-refractivity contribution in [2.24, 2.45) is 0 Å². The number of hydrogen-bond donors (Lipinski definition) is 1. The van der Waals surface area contributed by atoms with E-state index in [0.29, 0.717) is 24.2 Å². The fraction of sp³-hybridized carbons (Fsp3) is 0.647. The van der Waals surface area contributed by atoms with Crippen LogP contribution in [0.15, 0.2) is 18.6 Å². The van der Waals surface area contributed by atoms with Crippen molar-refractivity contribution in [2.75, 3.05) is 13.1 Å². The maximum atomic E-state index is 12.8. The first-order valence-electron chi connectivity index (χ1n) is 8.89. The van der Waals surface area contributed by atoms with E-state index in [1.807, 2.05) is 13.8 Å². The van der Waals surface area contributed by atoms with Crippen LogP contribution >= 0.6 is 0 Å². The topological polar surface area (TPSA) is 89.1 Å². The van der Waals surface area contributed by atoms with Gasteiger partial charge in [-0.1, -0.05) is 12.1 Å². The monoisotopic (exact) mass is 346 g/mol. The third-order valence-corrected chi connectivity index (χ3v) is 4.61. The van der Waals surface area contributed by atoms with E-state index in [1.54, 1.807) is 32.9 Å². The van der Waals surface area contributed by atoms with Gasteiger partial charge in [0.15, 0.2) is 0 Å². The first-order valence-corrected chi connectivity index (χ1v) is 8.89. The standard InChI is InChI=1S/C17H26N6O2/c1-4-7-22-10-14(9-18-22)16(24)21-8-5-6-17(25,12-21)15-11-23(13(2)3)20-19-15/h9-11,13,25H,4-8,12H2,1-3H3/t17-/m1/s1. The van der Waals surface area contributed by atoms with E-state index in [2.05, 4.69) is 22.3 Å². The summed E-state index contributed by atoms with van der Waals surface area (Å²) in [4.78, 5) is 14.5. The van der Waals surface area contributed by atoms with E-state index < -0.39 is 5.60 Å². The number of piperidine rings is 1. The van der Waals surface area contributed by atoms with Gasteiger partial charge in [-0.2, -0.15) is 5.10 Å². The van der Waals surface area contributed by atoms with Crippen LogP contribution in [0.5, 0.6) is 0 Å². The molecule has 3 rings (SSSR count). The number of amides is 1. The molecule has 1 amide bonds. The second-order valence-electron chi connectivity index (χ2n) is 7.03. The van der Waals surface area contributed by atoms with E-state index in [1.165, 1.54) is 0 Å². The van der Waals surface area contributed by atoms with Crippen molar-refractivity contribution in [2.45, 2.75) is 58.2 Å². The van der Waals surface area contributed by atoms with Crippen LogP contribution in [-0.2, 0) is 12.1 Å². The third-order valence-electron chi connectivity index (χ3n) is 4.61. The average Bonchev–Trinajstić information content (AvgIpc) is 3.24. The molecule has 0 aromatic carbocycles. The lowest BCUT2D eigenvalue weighted by molar-refractivity contribution is -0.0320. The zero-order valence-electron chi connectivity index (χ0n) is 15.1. The number of aryl methyl sites for hydroxylation is 1. The normalized spacial score (nSPS) is 21.1. The van der Waals surface area contributed by atoms with E-state index in [9.17, 15) is 9.90 Å². The number of rotatable bonds is 5. The van der Waals surface area contributed by atoms with Crippen LogP contribution in [-0.4, -0.2) is 53.8 Å².